The molecule has 0 saturated heterocycles. The minimum Gasteiger partial charge on any atom is -0.408 e. The zero-order valence-electron chi connectivity index (χ0n) is 16.1. The summed E-state index contributed by atoms with van der Waals surface area (Å²) < 4.78 is 6.70. The predicted octanol–water partition coefficient (Wildman–Crippen LogP) is 3.66. The van der Waals surface area contributed by atoms with Crippen LogP contribution in [0.3, 0.4) is 0 Å². The van der Waals surface area contributed by atoms with Crippen molar-refractivity contribution in [3.8, 4) is 0 Å². The molecular weight excluding hydrogens is 404 g/mol. The van der Waals surface area contributed by atoms with E-state index in [4.69, 9.17) is 16.0 Å². The molecule has 30 heavy (non-hydrogen) atoms. The SMILES string of the molecule is O=C(CCn1c(=O)oc2cc(Cl)ccc21)N(Cc1ccncc1)Cc1cccnc1. The van der Waals surface area contributed by atoms with Crippen LogP contribution in [0.1, 0.15) is 17.5 Å². The summed E-state index contributed by atoms with van der Waals surface area (Å²) in [5, 5.41) is 0.486. The zero-order chi connectivity index (χ0) is 20.9. The van der Waals surface area contributed by atoms with Crippen molar-refractivity contribution in [2.45, 2.75) is 26.1 Å². The number of nitrogens with zero attached hydrogens (tertiary/aromatic N) is 4. The second-order valence-electron chi connectivity index (χ2n) is 6.85. The van der Waals surface area contributed by atoms with Crippen LogP contribution >= 0.6 is 11.6 Å². The third kappa shape index (κ3) is 4.58. The lowest BCUT2D eigenvalue weighted by atomic mass is 10.2. The van der Waals surface area contributed by atoms with Crippen molar-refractivity contribution < 1.29 is 9.21 Å². The van der Waals surface area contributed by atoms with E-state index >= 15 is 0 Å². The van der Waals surface area contributed by atoms with Crippen molar-refractivity contribution in [1.29, 1.82) is 0 Å². The van der Waals surface area contributed by atoms with Gasteiger partial charge in [-0.25, -0.2) is 4.79 Å². The number of hydrogen-bond donors (Lipinski definition) is 0. The van der Waals surface area contributed by atoms with Gasteiger partial charge in [0.25, 0.3) is 0 Å². The molecule has 0 saturated carbocycles. The van der Waals surface area contributed by atoms with Crippen molar-refractivity contribution in [3.63, 3.8) is 0 Å². The predicted molar refractivity (Wildman–Crippen MR) is 113 cm³/mol. The molecule has 7 nitrogen and oxygen atoms in total. The number of amides is 1. The van der Waals surface area contributed by atoms with Gasteiger partial charge in [0, 0.05) is 61.9 Å². The molecule has 0 N–H and O–H groups in total. The van der Waals surface area contributed by atoms with Crippen LogP contribution < -0.4 is 5.76 Å². The molecule has 1 aromatic carbocycles. The van der Waals surface area contributed by atoms with Crippen LogP contribution in [0.4, 0.5) is 0 Å². The molecule has 0 unspecified atom stereocenters. The summed E-state index contributed by atoms with van der Waals surface area (Å²) in [6, 6.07) is 12.5. The largest absolute Gasteiger partial charge is 0.419 e. The Hall–Kier alpha value is -3.45. The molecule has 1 amide bonds. The van der Waals surface area contributed by atoms with Gasteiger partial charge in [-0.05, 0) is 41.5 Å². The van der Waals surface area contributed by atoms with Gasteiger partial charge in [-0.15, -0.1) is 0 Å². The summed E-state index contributed by atoms with van der Waals surface area (Å²) in [6.07, 6.45) is 6.99. The second-order valence-corrected chi connectivity index (χ2v) is 7.28. The van der Waals surface area contributed by atoms with Crippen LogP contribution in [0.2, 0.25) is 5.02 Å². The Labute approximate surface area is 177 Å². The molecule has 4 rings (SSSR count). The average molecular weight is 423 g/mol. The van der Waals surface area contributed by atoms with Gasteiger partial charge in [0.2, 0.25) is 5.91 Å². The van der Waals surface area contributed by atoms with Gasteiger partial charge < -0.3 is 9.32 Å². The third-order valence-electron chi connectivity index (χ3n) is 4.75. The number of pyridine rings is 2. The molecule has 8 heteroatoms. The molecule has 4 aromatic rings. The molecule has 152 valence electrons. The maximum absolute atomic E-state index is 13.1. The molecule has 0 aliphatic heterocycles. The highest BCUT2D eigenvalue weighted by Crippen LogP contribution is 2.19. The number of carbonyl (C=O) groups is 1. The van der Waals surface area contributed by atoms with E-state index in [0.717, 1.165) is 11.1 Å². The molecule has 0 aliphatic rings. The summed E-state index contributed by atoms with van der Waals surface area (Å²) in [4.78, 5) is 35.2. The maximum Gasteiger partial charge on any atom is 0.419 e. The highest BCUT2D eigenvalue weighted by atomic mass is 35.5. The normalized spacial score (nSPS) is 11.0. The summed E-state index contributed by atoms with van der Waals surface area (Å²) in [7, 11) is 0. The maximum atomic E-state index is 13.1. The van der Waals surface area contributed by atoms with Crippen molar-refractivity contribution in [1.82, 2.24) is 19.4 Å². The van der Waals surface area contributed by atoms with E-state index in [1.807, 2.05) is 24.3 Å². The topological polar surface area (TPSA) is 81.2 Å². The third-order valence-corrected chi connectivity index (χ3v) is 4.99. The number of fused-ring (bicyclic) bond motifs is 1. The lowest BCUT2D eigenvalue weighted by molar-refractivity contribution is -0.132. The Kier molecular flexibility index (Phi) is 5.90. The van der Waals surface area contributed by atoms with Crippen molar-refractivity contribution in [3.05, 3.63) is 94.0 Å². The fourth-order valence-corrected chi connectivity index (χ4v) is 3.43. The number of halogens is 1. The monoisotopic (exact) mass is 422 g/mol. The van der Waals surface area contributed by atoms with Crippen LogP contribution in [0.25, 0.3) is 11.1 Å². The highest BCUT2D eigenvalue weighted by molar-refractivity contribution is 6.31. The number of benzene rings is 1. The van der Waals surface area contributed by atoms with E-state index in [1.54, 1.807) is 47.9 Å². The van der Waals surface area contributed by atoms with Crippen molar-refractivity contribution in [2.24, 2.45) is 0 Å². The first-order valence-corrected chi connectivity index (χ1v) is 9.82. The minimum absolute atomic E-state index is 0.0779. The summed E-state index contributed by atoms with van der Waals surface area (Å²) in [5.74, 6) is -0.584. The van der Waals surface area contributed by atoms with Crippen LogP contribution in [-0.4, -0.2) is 25.3 Å². The fourth-order valence-electron chi connectivity index (χ4n) is 3.27. The van der Waals surface area contributed by atoms with Crippen LogP contribution in [0.5, 0.6) is 0 Å². The molecule has 0 spiro atoms. The number of aromatic nitrogens is 3. The van der Waals surface area contributed by atoms with Gasteiger partial charge in [0.15, 0.2) is 5.58 Å². The van der Waals surface area contributed by atoms with Crippen LogP contribution in [0.15, 0.2) is 76.5 Å². The number of aryl methyl sites for hydroxylation is 1. The minimum atomic E-state index is -0.506. The molecule has 0 radical (unpaired) electrons. The van der Waals surface area contributed by atoms with Gasteiger partial charge in [-0.1, -0.05) is 17.7 Å². The first kappa shape index (κ1) is 19.8. The van der Waals surface area contributed by atoms with Gasteiger partial charge in [-0.2, -0.15) is 0 Å². The van der Waals surface area contributed by atoms with E-state index < -0.39 is 5.76 Å². The standard InChI is InChI=1S/C22H19ClN4O3/c23-18-3-4-19-20(12-18)30-22(29)27(19)11-7-21(28)26(14-16-5-9-24-10-6-16)15-17-2-1-8-25-13-17/h1-6,8-10,12-13H,7,11,14-15H2. The molecule has 3 heterocycles. The lowest BCUT2D eigenvalue weighted by Crippen LogP contribution is -2.31. The summed E-state index contributed by atoms with van der Waals surface area (Å²) in [5.41, 5.74) is 2.93. The van der Waals surface area contributed by atoms with Gasteiger partial charge in [0.1, 0.15) is 0 Å². The van der Waals surface area contributed by atoms with E-state index in [1.165, 1.54) is 4.57 Å². The molecular formula is C22H19ClN4O3. The zero-order valence-corrected chi connectivity index (χ0v) is 16.8. The van der Waals surface area contributed by atoms with Gasteiger partial charge >= 0.3 is 5.76 Å². The molecule has 0 bridgehead atoms. The second kappa shape index (κ2) is 8.92. The Balaban J connectivity index is 1.53. The molecule has 0 fully saturated rings. The highest BCUT2D eigenvalue weighted by Gasteiger charge is 2.17. The quantitative estimate of drug-likeness (QED) is 0.454. The molecule has 3 aromatic heterocycles. The number of carbonyl (C=O) groups excluding carboxylic acids is 1. The summed E-state index contributed by atoms with van der Waals surface area (Å²) in [6.45, 7) is 1.07. The number of rotatable bonds is 7. The van der Waals surface area contributed by atoms with Crippen molar-refractivity contribution in [2.75, 3.05) is 0 Å². The van der Waals surface area contributed by atoms with E-state index in [0.29, 0.717) is 29.2 Å². The Morgan fingerprint density at radius 1 is 1.03 bits per heavy atom. The van der Waals surface area contributed by atoms with Gasteiger partial charge in [0.05, 0.1) is 5.52 Å². The van der Waals surface area contributed by atoms with Crippen molar-refractivity contribution >= 4 is 28.6 Å². The molecule has 0 aliphatic carbocycles. The Bertz CT molecular complexity index is 1160. The van der Waals surface area contributed by atoms with E-state index in [2.05, 4.69) is 9.97 Å². The smallest absolute Gasteiger partial charge is 0.408 e. The number of hydrogen-bond acceptors (Lipinski definition) is 5. The molecule has 0 atom stereocenters. The van der Waals surface area contributed by atoms with Crippen LogP contribution in [0, 0.1) is 0 Å². The van der Waals surface area contributed by atoms with Crippen LogP contribution in [-0.2, 0) is 24.4 Å². The fraction of sp³-hybridized carbons (Fsp3) is 0.182. The average Bonchev–Trinajstić information content (AvgIpc) is 3.07. The Morgan fingerprint density at radius 3 is 2.60 bits per heavy atom. The van der Waals surface area contributed by atoms with E-state index in [9.17, 15) is 9.59 Å². The van der Waals surface area contributed by atoms with E-state index in [-0.39, 0.29) is 18.9 Å². The summed E-state index contributed by atoms with van der Waals surface area (Å²) >= 11 is 5.96. The Morgan fingerprint density at radius 2 is 1.83 bits per heavy atom. The first-order valence-electron chi connectivity index (χ1n) is 9.44. The lowest BCUT2D eigenvalue weighted by Gasteiger charge is -2.23. The first-order chi connectivity index (χ1) is 14.6. The number of oxazole rings is 1. The van der Waals surface area contributed by atoms with Gasteiger partial charge in [-0.3, -0.25) is 19.3 Å².